The normalized spacial score (nSPS) is 42.2. The fourth-order valence-corrected chi connectivity index (χ4v) is 3.04. The maximum Gasteiger partial charge on any atom is 0.00982 e. The first-order valence-electron chi connectivity index (χ1n) is 5.87. The average Bonchev–Trinajstić information content (AvgIpc) is 2.42. The molecule has 0 saturated heterocycles. The van der Waals surface area contributed by atoms with Gasteiger partial charge in [-0.3, -0.25) is 0 Å². The van der Waals surface area contributed by atoms with E-state index in [1.54, 1.807) is 0 Å². The molecule has 0 radical (unpaired) electrons. The minimum atomic E-state index is 0.458. The van der Waals surface area contributed by atoms with Gasteiger partial charge in [-0.15, -0.1) is 0 Å². The Morgan fingerprint density at radius 3 is 2.46 bits per heavy atom. The predicted molar refractivity (Wildman–Crippen MR) is 58.5 cm³/mol. The molecule has 0 aromatic carbocycles. The van der Waals surface area contributed by atoms with E-state index in [1.807, 2.05) is 0 Å². The first-order valence-corrected chi connectivity index (χ1v) is 5.87. The highest BCUT2D eigenvalue weighted by Gasteiger charge is 2.39. The molecule has 1 rings (SSSR count). The second-order valence-electron chi connectivity index (χ2n) is 4.92. The lowest BCUT2D eigenvalue weighted by Crippen LogP contribution is -2.35. The van der Waals surface area contributed by atoms with Gasteiger partial charge >= 0.3 is 0 Å². The summed E-state index contributed by atoms with van der Waals surface area (Å²) in [6, 6.07) is 0.458. The Hall–Kier alpha value is -0.0400. The van der Waals surface area contributed by atoms with E-state index in [2.05, 4.69) is 27.7 Å². The first kappa shape index (κ1) is 11.0. The van der Waals surface area contributed by atoms with Gasteiger partial charge in [0, 0.05) is 6.04 Å². The zero-order valence-electron chi connectivity index (χ0n) is 9.59. The van der Waals surface area contributed by atoms with Crippen LogP contribution in [0.15, 0.2) is 0 Å². The number of hydrogen-bond acceptors (Lipinski definition) is 1. The van der Waals surface area contributed by atoms with Crippen LogP contribution < -0.4 is 5.73 Å². The van der Waals surface area contributed by atoms with Crippen LogP contribution in [0.25, 0.3) is 0 Å². The molecule has 0 aliphatic heterocycles. The summed E-state index contributed by atoms with van der Waals surface area (Å²) in [4.78, 5) is 0. The van der Waals surface area contributed by atoms with Crippen molar-refractivity contribution in [1.29, 1.82) is 0 Å². The van der Waals surface area contributed by atoms with E-state index in [9.17, 15) is 0 Å². The Morgan fingerprint density at radius 1 is 1.38 bits per heavy atom. The van der Waals surface area contributed by atoms with Crippen molar-refractivity contribution in [3.8, 4) is 0 Å². The van der Waals surface area contributed by atoms with E-state index in [4.69, 9.17) is 5.73 Å². The van der Waals surface area contributed by atoms with Crippen LogP contribution >= 0.6 is 0 Å². The molecular formula is C12H25N. The van der Waals surface area contributed by atoms with Crippen molar-refractivity contribution in [3.63, 3.8) is 0 Å². The summed E-state index contributed by atoms with van der Waals surface area (Å²) < 4.78 is 0. The summed E-state index contributed by atoms with van der Waals surface area (Å²) in [6.07, 6.45) is 3.95. The smallest absolute Gasteiger partial charge is 0.00982 e. The maximum absolute atomic E-state index is 6.26. The molecule has 5 atom stereocenters. The molecule has 1 fully saturated rings. The van der Waals surface area contributed by atoms with Gasteiger partial charge in [0.2, 0.25) is 0 Å². The molecule has 13 heavy (non-hydrogen) atoms. The lowest BCUT2D eigenvalue weighted by Gasteiger charge is -2.28. The number of nitrogens with two attached hydrogens (primary N) is 1. The van der Waals surface area contributed by atoms with Gasteiger partial charge in [0.05, 0.1) is 0 Å². The molecule has 0 heterocycles. The highest BCUT2D eigenvalue weighted by Crippen LogP contribution is 2.42. The fraction of sp³-hybridized carbons (Fsp3) is 1.00. The molecule has 2 N–H and O–H groups in total. The van der Waals surface area contributed by atoms with Crippen LogP contribution in [0.2, 0.25) is 0 Å². The predicted octanol–water partition coefficient (Wildman–Crippen LogP) is 3.04. The zero-order valence-corrected chi connectivity index (χ0v) is 9.59. The van der Waals surface area contributed by atoms with Crippen LogP contribution in [0.3, 0.4) is 0 Å². The summed E-state index contributed by atoms with van der Waals surface area (Å²) in [5.41, 5.74) is 6.26. The number of hydrogen-bond donors (Lipinski definition) is 1. The van der Waals surface area contributed by atoms with E-state index < -0.39 is 0 Å². The maximum atomic E-state index is 6.26. The van der Waals surface area contributed by atoms with Crippen molar-refractivity contribution in [3.05, 3.63) is 0 Å². The van der Waals surface area contributed by atoms with Crippen LogP contribution in [0, 0.1) is 23.7 Å². The van der Waals surface area contributed by atoms with E-state index in [0.29, 0.717) is 6.04 Å². The molecule has 1 nitrogen and oxygen atoms in total. The van der Waals surface area contributed by atoms with Crippen LogP contribution in [0.1, 0.15) is 47.0 Å². The van der Waals surface area contributed by atoms with Gasteiger partial charge in [-0.25, -0.2) is 0 Å². The standard InChI is InChI=1S/C12H25N/c1-5-8(3)11-10(6-2)7-9(4)12(11)13/h8-12H,5-7,13H2,1-4H3. The van der Waals surface area contributed by atoms with Gasteiger partial charge < -0.3 is 5.73 Å². The van der Waals surface area contributed by atoms with Crippen molar-refractivity contribution in [2.45, 2.75) is 53.0 Å². The summed E-state index contributed by atoms with van der Waals surface area (Å²) in [5, 5.41) is 0. The van der Waals surface area contributed by atoms with Gasteiger partial charge in [0.1, 0.15) is 0 Å². The van der Waals surface area contributed by atoms with E-state index in [1.165, 1.54) is 19.3 Å². The second kappa shape index (κ2) is 4.45. The quantitative estimate of drug-likeness (QED) is 0.715. The van der Waals surface area contributed by atoms with Gasteiger partial charge in [-0.2, -0.15) is 0 Å². The van der Waals surface area contributed by atoms with Crippen molar-refractivity contribution < 1.29 is 0 Å². The Labute approximate surface area is 83.1 Å². The number of rotatable bonds is 3. The van der Waals surface area contributed by atoms with Crippen molar-refractivity contribution in [2.75, 3.05) is 0 Å². The first-order chi connectivity index (χ1) is 6.11. The van der Waals surface area contributed by atoms with Gasteiger partial charge in [-0.05, 0) is 30.1 Å². The lowest BCUT2D eigenvalue weighted by atomic mass is 9.80. The third kappa shape index (κ3) is 2.07. The molecular weight excluding hydrogens is 158 g/mol. The molecule has 0 aromatic rings. The third-order valence-corrected chi connectivity index (χ3v) is 4.15. The Balaban J connectivity index is 2.67. The fourth-order valence-electron chi connectivity index (χ4n) is 3.04. The van der Waals surface area contributed by atoms with E-state index in [-0.39, 0.29) is 0 Å². The second-order valence-corrected chi connectivity index (χ2v) is 4.92. The van der Waals surface area contributed by atoms with Crippen molar-refractivity contribution in [1.82, 2.24) is 0 Å². The molecule has 5 unspecified atom stereocenters. The minimum Gasteiger partial charge on any atom is -0.327 e. The summed E-state index contributed by atoms with van der Waals surface area (Å²) in [5.74, 6) is 3.22. The molecule has 0 aromatic heterocycles. The SMILES string of the molecule is CCC(C)C1C(CC)CC(C)C1N. The molecule has 1 saturated carbocycles. The molecule has 0 amide bonds. The van der Waals surface area contributed by atoms with Crippen molar-refractivity contribution in [2.24, 2.45) is 29.4 Å². The molecule has 1 heteroatoms. The van der Waals surface area contributed by atoms with Crippen molar-refractivity contribution >= 4 is 0 Å². The minimum absolute atomic E-state index is 0.458. The zero-order chi connectivity index (χ0) is 10.0. The molecule has 0 bridgehead atoms. The van der Waals surface area contributed by atoms with Gasteiger partial charge in [-0.1, -0.05) is 40.5 Å². The van der Waals surface area contributed by atoms with Crippen LogP contribution in [-0.2, 0) is 0 Å². The van der Waals surface area contributed by atoms with Crippen LogP contribution in [0.5, 0.6) is 0 Å². The average molecular weight is 183 g/mol. The largest absolute Gasteiger partial charge is 0.327 e. The highest BCUT2D eigenvalue weighted by atomic mass is 14.7. The van der Waals surface area contributed by atoms with E-state index in [0.717, 1.165) is 23.7 Å². The van der Waals surface area contributed by atoms with Gasteiger partial charge in [0.15, 0.2) is 0 Å². The molecule has 1 aliphatic rings. The molecule has 1 aliphatic carbocycles. The Kier molecular flexibility index (Phi) is 3.78. The molecule has 0 spiro atoms. The van der Waals surface area contributed by atoms with E-state index >= 15 is 0 Å². The summed E-state index contributed by atoms with van der Waals surface area (Å²) in [6.45, 7) is 9.28. The highest BCUT2D eigenvalue weighted by molar-refractivity contribution is 4.93. The monoisotopic (exact) mass is 183 g/mol. The summed E-state index contributed by atoms with van der Waals surface area (Å²) in [7, 11) is 0. The Bertz CT molecular complexity index is 155. The Morgan fingerprint density at radius 2 is 2.00 bits per heavy atom. The third-order valence-electron chi connectivity index (χ3n) is 4.15. The van der Waals surface area contributed by atoms with Crippen LogP contribution in [-0.4, -0.2) is 6.04 Å². The summed E-state index contributed by atoms with van der Waals surface area (Å²) >= 11 is 0. The topological polar surface area (TPSA) is 26.0 Å². The lowest BCUT2D eigenvalue weighted by molar-refractivity contribution is 0.241. The van der Waals surface area contributed by atoms with Crippen LogP contribution in [0.4, 0.5) is 0 Å². The van der Waals surface area contributed by atoms with Gasteiger partial charge in [0.25, 0.3) is 0 Å². The molecule has 78 valence electrons.